The Balaban J connectivity index is 2.55. The van der Waals surface area contributed by atoms with Crippen molar-refractivity contribution in [1.82, 2.24) is 5.32 Å². The Hall–Kier alpha value is -1.22. The van der Waals surface area contributed by atoms with Gasteiger partial charge in [0.25, 0.3) is 0 Å². The number of hydrogen-bond donors (Lipinski definition) is 1. The van der Waals surface area contributed by atoms with E-state index in [1.807, 2.05) is 0 Å². The van der Waals surface area contributed by atoms with Crippen LogP contribution in [0, 0.1) is 0 Å². The van der Waals surface area contributed by atoms with Crippen molar-refractivity contribution in [2.75, 3.05) is 0 Å². The average molecular weight is 182 g/mol. The van der Waals surface area contributed by atoms with E-state index in [2.05, 4.69) is 15.3 Å². The molecule has 0 aromatic heterocycles. The molecular weight excluding hydrogens is 168 g/mol. The van der Waals surface area contributed by atoms with Gasteiger partial charge in [-0.1, -0.05) is 18.0 Å². The third-order valence-electron chi connectivity index (χ3n) is 2.32. The van der Waals surface area contributed by atoms with Crippen molar-refractivity contribution in [1.29, 1.82) is 0 Å². The number of carbonyl (C=O) groups is 1. The molecule has 1 amide bonds. The van der Waals surface area contributed by atoms with Gasteiger partial charge in [0, 0.05) is 17.9 Å². The fourth-order valence-corrected chi connectivity index (χ4v) is 1.75. The Kier molecular flexibility index (Phi) is 3.58. The quantitative estimate of drug-likeness (QED) is 0.394. The lowest BCUT2D eigenvalue weighted by Gasteiger charge is -2.28. The van der Waals surface area contributed by atoms with Gasteiger partial charge in [0.1, 0.15) is 0 Å². The van der Waals surface area contributed by atoms with E-state index in [9.17, 15) is 4.79 Å². The number of azide groups is 1. The smallest absolute Gasteiger partial charge is 0.217 e. The standard InChI is InChI=1S/C8H14N4O/c1-6(13)10-7-4-2-3-5-8(7)11-12-9/h7-8H,2-5H2,1H3,(H,10,13). The van der Waals surface area contributed by atoms with Crippen LogP contribution in [-0.4, -0.2) is 18.0 Å². The average Bonchev–Trinajstić information content (AvgIpc) is 2.08. The van der Waals surface area contributed by atoms with Gasteiger partial charge in [-0.15, -0.1) is 0 Å². The molecule has 0 aromatic carbocycles. The molecule has 1 N–H and O–H groups in total. The molecule has 1 fully saturated rings. The second-order valence-electron chi connectivity index (χ2n) is 3.36. The second-order valence-corrected chi connectivity index (χ2v) is 3.36. The van der Waals surface area contributed by atoms with Gasteiger partial charge in [-0.25, -0.2) is 0 Å². The minimum absolute atomic E-state index is 0.0437. The molecule has 1 rings (SSSR count). The van der Waals surface area contributed by atoms with E-state index in [-0.39, 0.29) is 18.0 Å². The lowest BCUT2D eigenvalue weighted by molar-refractivity contribution is -0.120. The van der Waals surface area contributed by atoms with Gasteiger partial charge in [-0.05, 0) is 18.4 Å². The molecule has 0 aliphatic heterocycles. The molecule has 0 radical (unpaired) electrons. The summed E-state index contributed by atoms with van der Waals surface area (Å²) in [6, 6.07) is -0.00944. The molecule has 2 atom stereocenters. The lowest BCUT2D eigenvalue weighted by Crippen LogP contribution is -2.43. The van der Waals surface area contributed by atoms with Crippen LogP contribution in [0.4, 0.5) is 0 Å². The molecule has 1 aliphatic rings. The molecule has 5 nitrogen and oxygen atoms in total. The highest BCUT2D eigenvalue weighted by Crippen LogP contribution is 2.21. The first kappa shape index (κ1) is 9.86. The van der Waals surface area contributed by atoms with Crippen LogP contribution in [0.25, 0.3) is 10.4 Å². The molecule has 2 unspecified atom stereocenters. The van der Waals surface area contributed by atoms with Gasteiger partial charge in [-0.2, -0.15) is 0 Å². The summed E-state index contributed by atoms with van der Waals surface area (Å²) in [4.78, 5) is 13.6. The minimum atomic E-state index is -0.0531. The SMILES string of the molecule is CC(=O)NC1CCCCC1N=[N+]=[N-]. The Labute approximate surface area is 77.1 Å². The summed E-state index contributed by atoms with van der Waals surface area (Å²) < 4.78 is 0. The highest BCUT2D eigenvalue weighted by molar-refractivity contribution is 5.73. The van der Waals surface area contributed by atoms with Gasteiger partial charge in [0.2, 0.25) is 5.91 Å². The van der Waals surface area contributed by atoms with Gasteiger partial charge >= 0.3 is 0 Å². The Morgan fingerprint density at radius 2 is 2.23 bits per heavy atom. The molecule has 0 heterocycles. The molecule has 13 heavy (non-hydrogen) atoms. The molecule has 0 saturated heterocycles. The van der Waals surface area contributed by atoms with Gasteiger partial charge < -0.3 is 5.32 Å². The fraction of sp³-hybridized carbons (Fsp3) is 0.875. The van der Waals surface area contributed by atoms with Crippen LogP contribution in [-0.2, 0) is 4.79 Å². The molecular formula is C8H14N4O. The number of nitrogens with one attached hydrogen (secondary N) is 1. The highest BCUT2D eigenvalue weighted by atomic mass is 16.1. The van der Waals surface area contributed by atoms with E-state index < -0.39 is 0 Å². The lowest BCUT2D eigenvalue weighted by atomic mass is 9.91. The summed E-state index contributed by atoms with van der Waals surface area (Å²) in [5.41, 5.74) is 8.32. The zero-order valence-electron chi connectivity index (χ0n) is 7.73. The predicted molar refractivity (Wildman–Crippen MR) is 49.0 cm³/mol. The predicted octanol–water partition coefficient (Wildman–Crippen LogP) is 1.74. The largest absolute Gasteiger partial charge is 0.353 e. The van der Waals surface area contributed by atoms with E-state index >= 15 is 0 Å². The van der Waals surface area contributed by atoms with Crippen molar-refractivity contribution in [2.24, 2.45) is 5.11 Å². The highest BCUT2D eigenvalue weighted by Gasteiger charge is 2.24. The van der Waals surface area contributed by atoms with Crippen LogP contribution in [0.15, 0.2) is 5.11 Å². The number of hydrogen-bond acceptors (Lipinski definition) is 2. The summed E-state index contributed by atoms with van der Waals surface area (Å²) in [5, 5.41) is 6.50. The van der Waals surface area contributed by atoms with E-state index in [1.54, 1.807) is 0 Å². The number of rotatable bonds is 2. The van der Waals surface area contributed by atoms with Crippen molar-refractivity contribution in [2.45, 2.75) is 44.7 Å². The van der Waals surface area contributed by atoms with Crippen LogP contribution in [0.3, 0.4) is 0 Å². The number of carbonyl (C=O) groups excluding carboxylic acids is 1. The van der Waals surface area contributed by atoms with Gasteiger partial charge in [0.15, 0.2) is 0 Å². The first-order valence-electron chi connectivity index (χ1n) is 4.55. The first-order valence-corrected chi connectivity index (χ1v) is 4.55. The Morgan fingerprint density at radius 3 is 2.85 bits per heavy atom. The fourth-order valence-electron chi connectivity index (χ4n) is 1.75. The molecule has 72 valence electrons. The summed E-state index contributed by atoms with van der Waals surface area (Å²) in [7, 11) is 0. The minimum Gasteiger partial charge on any atom is -0.353 e. The summed E-state index contributed by atoms with van der Waals surface area (Å²) in [6.45, 7) is 1.49. The number of amides is 1. The third kappa shape index (κ3) is 2.95. The van der Waals surface area contributed by atoms with Crippen LogP contribution < -0.4 is 5.32 Å². The maximum atomic E-state index is 10.8. The van der Waals surface area contributed by atoms with E-state index in [0.29, 0.717) is 0 Å². The van der Waals surface area contributed by atoms with Gasteiger partial charge in [0.05, 0.1) is 6.04 Å². The Bertz CT molecular complexity index is 234. The van der Waals surface area contributed by atoms with Crippen molar-refractivity contribution in [3.63, 3.8) is 0 Å². The van der Waals surface area contributed by atoms with Crippen LogP contribution in [0.5, 0.6) is 0 Å². The summed E-state index contributed by atoms with van der Waals surface area (Å²) in [5.74, 6) is -0.0509. The molecule has 0 spiro atoms. The van der Waals surface area contributed by atoms with Crippen molar-refractivity contribution >= 4 is 5.91 Å². The first-order chi connectivity index (χ1) is 6.24. The van der Waals surface area contributed by atoms with Crippen molar-refractivity contribution in [3.8, 4) is 0 Å². The molecule has 0 bridgehead atoms. The van der Waals surface area contributed by atoms with Crippen LogP contribution in [0.1, 0.15) is 32.6 Å². The second kappa shape index (κ2) is 4.72. The zero-order chi connectivity index (χ0) is 9.68. The third-order valence-corrected chi connectivity index (χ3v) is 2.32. The molecule has 1 aliphatic carbocycles. The van der Waals surface area contributed by atoms with Crippen LogP contribution >= 0.6 is 0 Å². The normalized spacial score (nSPS) is 27.5. The maximum absolute atomic E-state index is 10.8. The molecule has 1 saturated carbocycles. The van der Waals surface area contributed by atoms with E-state index in [1.165, 1.54) is 6.92 Å². The zero-order valence-corrected chi connectivity index (χ0v) is 7.73. The monoisotopic (exact) mass is 182 g/mol. The summed E-state index contributed by atoms with van der Waals surface area (Å²) >= 11 is 0. The summed E-state index contributed by atoms with van der Waals surface area (Å²) in [6.07, 6.45) is 3.99. The topological polar surface area (TPSA) is 77.9 Å². The van der Waals surface area contributed by atoms with Crippen LogP contribution in [0.2, 0.25) is 0 Å². The maximum Gasteiger partial charge on any atom is 0.217 e. The van der Waals surface area contributed by atoms with E-state index in [0.717, 1.165) is 25.7 Å². The van der Waals surface area contributed by atoms with Gasteiger partial charge in [-0.3, -0.25) is 4.79 Å². The molecule has 5 heteroatoms. The molecule has 0 aromatic rings. The van der Waals surface area contributed by atoms with Crippen molar-refractivity contribution in [3.05, 3.63) is 10.4 Å². The van der Waals surface area contributed by atoms with E-state index in [4.69, 9.17) is 5.53 Å². The number of nitrogens with zero attached hydrogens (tertiary/aromatic N) is 3. The van der Waals surface area contributed by atoms with Crippen molar-refractivity contribution < 1.29 is 4.79 Å². The Morgan fingerprint density at radius 1 is 1.54 bits per heavy atom.